The Morgan fingerprint density at radius 3 is 2.48 bits per heavy atom. The van der Waals surface area contributed by atoms with Gasteiger partial charge in [-0.2, -0.15) is 0 Å². The van der Waals surface area contributed by atoms with Crippen LogP contribution in [0.15, 0.2) is 48.1 Å². The van der Waals surface area contributed by atoms with Gasteiger partial charge in [-0.05, 0) is 51.7 Å². The Bertz CT molecular complexity index is 901. The molecule has 1 saturated heterocycles. The molecule has 0 radical (unpaired) electrons. The van der Waals surface area contributed by atoms with E-state index in [1.54, 1.807) is 12.3 Å². The van der Waals surface area contributed by atoms with E-state index in [9.17, 15) is 4.79 Å². The zero-order chi connectivity index (χ0) is 19.2. The van der Waals surface area contributed by atoms with Crippen LogP contribution >= 0.6 is 0 Å². The molecule has 2 aliphatic heterocycles. The summed E-state index contributed by atoms with van der Waals surface area (Å²) in [6.07, 6.45) is 4.53. The number of benzene rings is 1. The number of rotatable bonds is 2. The third-order valence-electron chi connectivity index (χ3n) is 5.97. The highest BCUT2D eigenvalue weighted by atomic mass is 16.7. The number of hydrogen-bond donors (Lipinski definition) is 0. The number of nitrogens with zero attached hydrogens (tertiary/aromatic N) is 2. The first-order valence-electron chi connectivity index (χ1n) is 9.46. The average Bonchev–Trinajstić information content (AvgIpc) is 2.88. The van der Waals surface area contributed by atoms with Crippen LogP contribution in [0.1, 0.15) is 44.5 Å². The van der Waals surface area contributed by atoms with E-state index in [1.165, 1.54) is 0 Å². The van der Waals surface area contributed by atoms with Crippen molar-refractivity contribution in [3.05, 3.63) is 53.6 Å². The van der Waals surface area contributed by atoms with Gasteiger partial charge in [0.2, 0.25) is 0 Å². The summed E-state index contributed by atoms with van der Waals surface area (Å²) in [7, 11) is -0.325. The highest BCUT2D eigenvalue weighted by Gasteiger charge is 2.52. The maximum absolute atomic E-state index is 13.1. The Balaban J connectivity index is 1.51. The van der Waals surface area contributed by atoms with Gasteiger partial charge in [0.1, 0.15) is 0 Å². The Labute approximate surface area is 160 Å². The highest BCUT2D eigenvalue weighted by Crippen LogP contribution is 2.39. The normalized spacial score (nSPS) is 21.4. The van der Waals surface area contributed by atoms with Gasteiger partial charge in [0, 0.05) is 24.7 Å². The molecule has 0 unspecified atom stereocenters. The number of aromatic nitrogens is 1. The zero-order valence-corrected chi connectivity index (χ0v) is 16.4. The van der Waals surface area contributed by atoms with Crippen LogP contribution < -0.4 is 0 Å². The van der Waals surface area contributed by atoms with Crippen LogP contribution in [-0.4, -0.2) is 47.2 Å². The molecule has 0 bridgehead atoms. The van der Waals surface area contributed by atoms with E-state index in [4.69, 9.17) is 9.31 Å². The molecule has 0 saturated carbocycles. The molecular formula is C21H25BN2O3. The first kappa shape index (κ1) is 18.2. The summed E-state index contributed by atoms with van der Waals surface area (Å²) in [5.41, 5.74) is 1.97. The van der Waals surface area contributed by atoms with Gasteiger partial charge in [-0.1, -0.05) is 24.3 Å². The molecule has 6 heteroatoms. The van der Waals surface area contributed by atoms with Gasteiger partial charge >= 0.3 is 7.12 Å². The first-order valence-corrected chi connectivity index (χ1v) is 9.46. The lowest BCUT2D eigenvalue weighted by Gasteiger charge is -2.32. The van der Waals surface area contributed by atoms with Crippen LogP contribution in [-0.2, 0) is 9.31 Å². The van der Waals surface area contributed by atoms with E-state index < -0.39 is 0 Å². The number of amides is 1. The van der Waals surface area contributed by atoms with Crippen LogP contribution in [0, 0.1) is 0 Å². The molecule has 4 rings (SSSR count). The minimum atomic E-state index is -0.346. The van der Waals surface area contributed by atoms with Crippen LogP contribution in [0.4, 0.5) is 0 Å². The predicted molar refractivity (Wildman–Crippen MR) is 106 cm³/mol. The van der Waals surface area contributed by atoms with Crippen molar-refractivity contribution < 1.29 is 14.1 Å². The molecule has 3 heterocycles. The highest BCUT2D eigenvalue weighted by molar-refractivity contribution is 6.54. The second kappa shape index (κ2) is 6.46. The second-order valence-corrected chi connectivity index (χ2v) is 8.24. The van der Waals surface area contributed by atoms with Crippen LogP contribution in [0.3, 0.4) is 0 Å². The van der Waals surface area contributed by atoms with Gasteiger partial charge in [0.25, 0.3) is 5.91 Å². The maximum Gasteiger partial charge on any atom is 0.490 e. The molecule has 2 aromatic rings. The van der Waals surface area contributed by atoms with Gasteiger partial charge in [-0.15, -0.1) is 0 Å². The lowest BCUT2D eigenvalue weighted by molar-refractivity contribution is 0.00578. The number of fused-ring (bicyclic) bond motifs is 1. The van der Waals surface area contributed by atoms with Crippen molar-refractivity contribution in [1.29, 1.82) is 0 Å². The predicted octanol–water partition coefficient (Wildman–Crippen LogP) is 3.64. The fourth-order valence-corrected chi connectivity index (χ4v) is 3.53. The monoisotopic (exact) mass is 364 g/mol. The van der Waals surface area contributed by atoms with Crippen molar-refractivity contribution >= 4 is 23.9 Å². The van der Waals surface area contributed by atoms with Gasteiger partial charge in [-0.25, -0.2) is 0 Å². The molecule has 0 spiro atoms. The third kappa shape index (κ3) is 3.17. The summed E-state index contributed by atoms with van der Waals surface area (Å²) < 4.78 is 12.3. The van der Waals surface area contributed by atoms with Crippen molar-refractivity contribution in [1.82, 2.24) is 9.88 Å². The lowest BCUT2D eigenvalue weighted by Crippen LogP contribution is -2.41. The first-order chi connectivity index (χ1) is 12.8. The van der Waals surface area contributed by atoms with Gasteiger partial charge in [-0.3, -0.25) is 9.78 Å². The molecule has 0 aliphatic carbocycles. The molecule has 1 fully saturated rings. The fourth-order valence-electron chi connectivity index (χ4n) is 3.53. The Morgan fingerprint density at radius 1 is 1.11 bits per heavy atom. The average molecular weight is 364 g/mol. The second-order valence-electron chi connectivity index (χ2n) is 8.24. The van der Waals surface area contributed by atoms with E-state index >= 15 is 0 Å². The Kier molecular flexibility index (Phi) is 4.36. The van der Waals surface area contributed by atoms with Gasteiger partial charge in [0.15, 0.2) is 0 Å². The van der Waals surface area contributed by atoms with Crippen LogP contribution in [0.5, 0.6) is 0 Å². The fraction of sp³-hybridized carbons (Fsp3) is 0.429. The molecule has 27 heavy (non-hydrogen) atoms. The number of carbonyl (C=O) groups is 1. The summed E-state index contributed by atoms with van der Waals surface area (Å²) in [4.78, 5) is 19.3. The lowest BCUT2D eigenvalue weighted by atomic mass is 9.74. The van der Waals surface area contributed by atoms with Gasteiger partial charge in [0.05, 0.1) is 22.3 Å². The molecule has 0 atom stereocenters. The van der Waals surface area contributed by atoms with Gasteiger partial charge < -0.3 is 14.2 Å². The smallest absolute Gasteiger partial charge is 0.400 e. The van der Waals surface area contributed by atoms with E-state index in [0.717, 1.165) is 22.8 Å². The molecule has 140 valence electrons. The maximum atomic E-state index is 13.1. The van der Waals surface area contributed by atoms with Crippen molar-refractivity contribution in [3.8, 4) is 0 Å². The largest absolute Gasteiger partial charge is 0.490 e. The number of hydrogen-bond acceptors (Lipinski definition) is 4. The summed E-state index contributed by atoms with van der Waals surface area (Å²) in [6.45, 7) is 9.45. The topological polar surface area (TPSA) is 51.7 Å². The molecule has 2 aliphatic rings. The minimum absolute atomic E-state index is 0.0396. The van der Waals surface area contributed by atoms with Crippen LogP contribution in [0.2, 0.25) is 0 Å². The standard InChI is InChI=1S/C21H25BN2O3/c1-20(2)21(3,4)27-22(26-20)15-10-13-24(14-11-15)19(25)17-9-12-23-18-8-6-5-7-16(17)18/h5-10,12H,11,13-14H2,1-4H3. The zero-order valence-electron chi connectivity index (χ0n) is 16.4. The quantitative estimate of drug-likeness (QED) is 0.764. The molecule has 5 nitrogen and oxygen atoms in total. The van der Waals surface area contributed by atoms with E-state index in [1.807, 2.05) is 29.2 Å². The summed E-state index contributed by atoms with van der Waals surface area (Å²) >= 11 is 0. The number of carbonyl (C=O) groups excluding carboxylic acids is 1. The summed E-state index contributed by atoms with van der Waals surface area (Å²) in [5, 5.41) is 0.894. The van der Waals surface area contributed by atoms with Crippen LogP contribution in [0.25, 0.3) is 10.9 Å². The van der Waals surface area contributed by atoms with E-state index in [0.29, 0.717) is 18.7 Å². The van der Waals surface area contributed by atoms with E-state index in [2.05, 4.69) is 38.8 Å². The molecule has 1 aromatic heterocycles. The molecular weight excluding hydrogens is 339 g/mol. The summed E-state index contributed by atoms with van der Waals surface area (Å²) in [6, 6.07) is 9.55. The molecule has 1 aromatic carbocycles. The van der Waals surface area contributed by atoms with Crippen molar-refractivity contribution in [2.24, 2.45) is 0 Å². The SMILES string of the molecule is CC1(C)OB(C2=CCN(C(=O)c3ccnc4ccccc34)CC2)OC1(C)C. The third-order valence-corrected chi connectivity index (χ3v) is 5.97. The number of para-hydroxylation sites is 1. The Morgan fingerprint density at radius 2 is 1.81 bits per heavy atom. The van der Waals surface area contributed by atoms with Crippen molar-refractivity contribution in [2.75, 3.05) is 13.1 Å². The van der Waals surface area contributed by atoms with E-state index in [-0.39, 0.29) is 24.2 Å². The molecule has 0 N–H and O–H groups in total. The van der Waals surface area contributed by atoms with Crippen molar-refractivity contribution in [2.45, 2.75) is 45.3 Å². The van der Waals surface area contributed by atoms with Crippen molar-refractivity contribution in [3.63, 3.8) is 0 Å². The number of pyridine rings is 1. The molecule has 1 amide bonds. The summed E-state index contributed by atoms with van der Waals surface area (Å²) in [5.74, 6) is 0.0396. The minimum Gasteiger partial charge on any atom is -0.400 e. The Hall–Kier alpha value is -2.18.